The highest BCUT2D eigenvalue weighted by Gasteiger charge is 2.16. The van der Waals surface area contributed by atoms with E-state index in [0.29, 0.717) is 18.4 Å². The maximum atomic E-state index is 13.4. The van der Waals surface area contributed by atoms with Gasteiger partial charge in [0.1, 0.15) is 11.6 Å². The van der Waals surface area contributed by atoms with Crippen LogP contribution in [-0.2, 0) is 6.54 Å². The molecule has 1 aromatic heterocycles. The van der Waals surface area contributed by atoms with Gasteiger partial charge in [-0.15, -0.1) is 0 Å². The topological polar surface area (TPSA) is 28.2 Å². The minimum absolute atomic E-state index is 0.275. The van der Waals surface area contributed by atoms with Crippen molar-refractivity contribution >= 4 is 5.82 Å². The number of hydrogen-bond acceptors (Lipinski definition) is 3. The highest BCUT2D eigenvalue weighted by atomic mass is 19.1. The first-order chi connectivity index (χ1) is 8.93. The molecule has 1 N–H and O–H groups in total. The van der Waals surface area contributed by atoms with Crippen molar-refractivity contribution in [1.29, 1.82) is 0 Å². The van der Waals surface area contributed by atoms with Gasteiger partial charge in [-0.2, -0.15) is 0 Å². The van der Waals surface area contributed by atoms with E-state index in [1.165, 1.54) is 6.20 Å². The van der Waals surface area contributed by atoms with Crippen LogP contribution in [-0.4, -0.2) is 25.1 Å². The number of nitrogens with one attached hydrogen (secondary N) is 1. The van der Waals surface area contributed by atoms with Crippen molar-refractivity contribution in [2.24, 2.45) is 11.8 Å². The SMILES string of the molecule is CNCc1cc(F)cnc1N(CC(C)C)CC(C)C. The van der Waals surface area contributed by atoms with Crippen LogP contribution in [0.5, 0.6) is 0 Å². The van der Waals surface area contributed by atoms with Gasteiger partial charge in [-0.3, -0.25) is 0 Å². The molecular formula is C15H26FN3. The highest BCUT2D eigenvalue weighted by Crippen LogP contribution is 2.21. The van der Waals surface area contributed by atoms with Crippen molar-refractivity contribution < 1.29 is 4.39 Å². The molecule has 0 aliphatic heterocycles. The molecule has 0 bridgehead atoms. The lowest BCUT2D eigenvalue weighted by Crippen LogP contribution is -2.33. The Balaban J connectivity index is 3.05. The molecule has 0 saturated heterocycles. The Morgan fingerprint density at radius 2 is 1.79 bits per heavy atom. The van der Waals surface area contributed by atoms with E-state index in [1.807, 2.05) is 7.05 Å². The molecular weight excluding hydrogens is 241 g/mol. The molecule has 4 heteroatoms. The van der Waals surface area contributed by atoms with E-state index < -0.39 is 0 Å². The zero-order chi connectivity index (χ0) is 14.4. The van der Waals surface area contributed by atoms with Crippen LogP contribution < -0.4 is 10.2 Å². The number of halogens is 1. The summed E-state index contributed by atoms with van der Waals surface area (Å²) in [5.74, 6) is 1.72. The Morgan fingerprint density at radius 1 is 1.21 bits per heavy atom. The van der Waals surface area contributed by atoms with E-state index in [0.717, 1.165) is 24.5 Å². The molecule has 0 atom stereocenters. The monoisotopic (exact) mass is 267 g/mol. The van der Waals surface area contributed by atoms with Crippen LogP contribution in [0.4, 0.5) is 10.2 Å². The second kappa shape index (κ2) is 7.43. The summed E-state index contributed by atoms with van der Waals surface area (Å²) in [4.78, 5) is 6.58. The van der Waals surface area contributed by atoms with Crippen molar-refractivity contribution in [3.8, 4) is 0 Å². The van der Waals surface area contributed by atoms with Gasteiger partial charge in [-0.25, -0.2) is 9.37 Å². The van der Waals surface area contributed by atoms with Crippen molar-refractivity contribution in [3.63, 3.8) is 0 Å². The summed E-state index contributed by atoms with van der Waals surface area (Å²) in [6.07, 6.45) is 1.31. The quantitative estimate of drug-likeness (QED) is 0.823. The van der Waals surface area contributed by atoms with E-state index in [2.05, 4.69) is 42.9 Å². The van der Waals surface area contributed by atoms with Crippen molar-refractivity contribution in [2.45, 2.75) is 34.2 Å². The number of rotatable bonds is 7. The maximum absolute atomic E-state index is 13.4. The normalized spacial score (nSPS) is 11.4. The van der Waals surface area contributed by atoms with E-state index in [-0.39, 0.29) is 5.82 Å². The third-order valence-electron chi connectivity index (χ3n) is 2.75. The summed E-state index contributed by atoms with van der Waals surface area (Å²) in [5, 5.41) is 3.08. The van der Waals surface area contributed by atoms with Gasteiger partial charge in [0, 0.05) is 25.2 Å². The van der Waals surface area contributed by atoms with E-state index in [9.17, 15) is 4.39 Å². The largest absolute Gasteiger partial charge is 0.356 e. The minimum atomic E-state index is -0.275. The molecule has 0 saturated carbocycles. The van der Waals surface area contributed by atoms with Gasteiger partial charge < -0.3 is 10.2 Å². The second-order valence-electron chi connectivity index (χ2n) is 5.86. The zero-order valence-electron chi connectivity index (χ0n) is 12.7. The zero-order valence-corrected chi connectivity index (χ0v) is 12.7. The summed E-state index contributed by atoms with van der Waals surface area (Å²) in [6, 6.07) is 1.58. The van der Waals surface area contributed by atoms with Crippen molar-refractivity contribution in [2.75, 3.05) is 25.0 Å². The van der Waals surface area contributed by atoms with Gasteiger partial charge in [0.05, 0.1) is 6.20 Å². The van der Waals surface area contributed by atoms with Crippen LogP contribution in [0.15, 0.2) is 12.3 Å². The molecule has 0 radical (unpaired) electrons. The third kappa shape index (κ3) is 5.15. The lowest BCUT2D eigenvalue weighted by molar-refractivity contribution is 0.544. The third-order valence-corrected chi connectivity index (χ3v) is 2.75. The first kappa shape index (κ1) is 15.9. The van der Waals surface area contributed by atoms with Gasteiger partial charge in [0.25, 0.3) is 0 Å². The Hall–Kier alpha value is -1.16. The molecule has 0 fully saturated rings. The van der Waals surface area contributed by atoms with E-state index in [1.54, 1.807) is 6.07 Å². The fraction of sp³-hybridized carbons (Fsp3) is 0.667. The molecule has 19 heavy (non-hydrogen) atoms. The predicted molar refractivity (Wildman–Crippen MR) is 78.8 cm³/mol. The van der Waals surface area contributed by atoms with Gasteiger partial charge in [-0.05, 0) is 24.9 Å². The van der Waals surface area contributed by atoms with Crippen LogP contribution in [0.2, 0.25) is 0 Å². The number of nitrogens with zero attached hydrogens (tertiary/aromatic N) is 2. The molecule has 0 aliphatic carbocycles. The molecule has 0 aliphatic rings. The summed E-state index contributed by atoms with van der Waals surface area (Å²) in [6.45, 7) is 11.3. The van der Waals surface area contributed by atoms with Crippen LogP contribution >= 0.6 is 0 Å². The lowest BCUT2D eigenvalue weighted by atomic mass is 10.1. The second-order valence-corrected chi connectivity index (χ2v) is 5.86. The van der Waals surface area contributed by atoms with Crippen molar-refractivity contribution in [1.82, 2.24) is 10.3 Å². The first-order valence-electron chi connectivity index (χ1n) is 6.98. The molecule has 1 aromatic rings. The summed E-state index contributed by atoms with van der Waals surface area (Å²) in [5.41, 5.74) is 0.920. The molecule has 0 amide bonds. The molecule has 3 nitrogen and oxygen atoms in total. The Kier molecular flexibility index (Phi) is 6.22. The molecule has 1 heterocycles. The van der Waals surface area contributed by atoms with Gasteiger partial charge >= 0.3 is 0 Å². The smallest absolute Gasteiger partial charge is 0.141 e. The van der Waals surface area contributed by atoms with E-state index in [4.69, 9.17) is 0 Å². The minimum Gasteiger partial charge on any atom is -0.356 e. The number of aromatic nitrogens is 1. The van der Waals surface area contributed by atoms with Crippen LogP contribution in [0.1, 0.15) is 33.3 Å². The van der Waals surface area contributed by atoms with Gasteiger partial charge in [-0.1, -0.05) is 27.7 Å². The molecule has 0 aromatic carbocycles. The predicted octanol–water partition coefficient (Wildman–Crippen LogP) is 3.06. The molecule has 1 rings (SSSR count). The van der Waals surface area contributed by atoms with Gasteiger partial charge in [0.15, 0.2) is 0 Å². The Labute approximate surface area is 116 Å². The van der Waals surface area contributed by atoms with Crippen LogP contribution in [0.25, 0.3) is 0 Å². The average Bonchev–Trinajstić information content (AvgIpc) is 2.27. The number of pyridine rings is 1. The summed E-state index contributed by atoms with van der Waals surface area (Å²) < 4.78 is 13.4. The highest BCUT2D eigenvalue weighted by molar-refractivity contribution is 5.47. The van der Waals surface area contributed by atoms with Crippen LogP contribution in [0.3, 0.4) is 0 Å². The van der Waals surface area contributed by atoms with Crippen molar-refractivity contribution in [3.05, 3.63) is 23.6 Å². The van der Waals surface area contributed by atoms with Gasteiger partial charge in [0.2, 0.25) is 0 Å². The molecule has 0 unspecified atom stereocenters. The Morgan fingerprint density at radius 3 is 2.26 bits per heavy atom. The van der Waals surface area contributed by atoms with Crippen LogP contribution in [0, 0.1) is 17.7 Å². The number of anilines is 1. The fourth-order valence-corrected chi connectivity index (χ4v) is 2.21. The first-order valence-corrected chi connectivity index (χ1v) is 6.98. The number of hydrogen-bond donors (Lipinski definition) is 1. The lowest BCUT2D eigenvalue weighted by Gasteiger charge is -2.29. The fourth-order valence-electron chi connectivity index (χ4n) is 2.21. The average molecular weight is 267 g/mol. The Bertz CT molecular complexity index is 381. The molecule has 0 spiro atoms. The van der Waals surface area contributed by atoms with E-state index >= 15 is 0 Å². The summed E-state index contributed by atoms with van der Waals surface area (Å²) in [7, 11) is 1.86. The summed E-state index contributed by atoms with van der Waals surface area (Å²) >= 11 is 0. The molecule has 108 valence electrons. The standard InChI is InChI=1S/C15H26FN3/c1-11(2)9-19(10-12(3)4)15-13(7-17-5)6-14(16)8-18-15/h6,8,11-12,17H,7,9-10H2,1-5H3. The maximum Gasteiger partial charge on any atom is 0.141 e.